The van der Waals surface area contributed by atoms with Crippen molar-refractivity contribution in [1.82, 2.24) is 0 Å². The van der Waals surface area contributed by atoms with E-state index in [1.165, 1.54) is 33.4 Å². The number of hydrogen-bond acceptors (Lipinski definition) is 2. The van der Waals surface area contributed by atoms with Crippen LogP contribution in [-0.4, -0.2) is 20.0 Å². The van der Waals surface area contributed by atoms with Crippen LogP contribution >= 0.6 is 7.26 Å². The summed E-state index contributed by atoms with van der Waals surface area (Å²) in [4.78, 5) is 0. The van der Waals surface area contributed by atoms with E-state index in [0.717, 1.165) is 0 Å². The minimum atomic E-state index is -1.48. The predicted octanol–water partition coefficient (Wildman–Crippen LogP) is 6.78. The van der Waals surface area contributed by atoms with Crippen LogP contribution in [0.3, 0.4) is 0 Å². The van der Waals surface area contributed by atoms with Crippen LogP contribution in [0.15, 0.2) is 72.8 Å². The predicted molar refractivity (Wildman–Crippen MR) is 138 cm³/mol. The Bertz CT molecular complexity index is 919. The van der Waals surface area contributed by atoms with E-state index >= 15 is 0 Å². The molecule has 0 radical (unpaired) electrons. The summed E-state index contributed by atoms with van der Waals surface area (Å²) in [7, 11) is -1.48. The maximum atomic E-state index is 3.84. The van der Waals surface area contributed by atoms with Crippen molar-refractivity contribution < 1.29 is 0 Å². The fraction of sp³-hybridized carbons (Fsp3) is 0.333. The van der Waals surface area contributed by atoms with Crippen molar-refractivity contribution >= 4 is 23.9 Å². The molecule has 1 atom stereocenters. The number of para-hydroxylation sites is 2. The molecule has 0 aromatic heterocycles. The Morgan fingerprint density at radius 3 is 1.83 bits per heavy atom. The van der Waals surface area contributed by atoms with Crippen LogP contribution in [0, 0.1) is 6.92 Å². The van der Waals surface area contributed by atoms with E-state index in [1.807, 2.05) is 0 Å². The third-order valence-corrected chi connectivity index (χ3v) is 7.53. The SMILES string of the molecule is Cc1ccc(C(Nc2ccccc2C(C)(C)C)Nc2ccccc2[PH](C)(C)C)cc1. The van der Waals surface area contributed by atoms with Gasteiger partial charge < -0.3 is 0 Å². The minimum absolute atomic E-state index is 0.0217. The molecule has 0 heterocycles. The molecule has 160 valence electrons. The molecule has 0 amide bonds. The van der Waals surface area contributed by atoms with Crippen molar-refractivity contribution in [3.8, 4) is 0 Å². The van der Waals surface area contributed by atoms with E-state index in [1.54, 1.807) is 0 Å². The van der Waals surface area contributed by atoms with Crippen molar-refractivity contribution in [1.29, 1.82) is 0 Å². The van der Waals surface area contributed by atoms with Crippen molar-refractivity contribution in [2.45, 2.75) is 39.3 Å². The Morgan fingerprint density at radius 2 is 1.23 bits per heavy atom. The van der Waals surface area contributed by atoms with Gasteiger partial charge in [-0.25, -0.2) is 0 Å². The van der Waals surface area contributed by atoms with E-state index in [4.69, 9.17) is 0 Å². The van der Waals surface area contributed by atoms with E-state index in [2.05, 4.69) is 131 Å². The maximum absolute atomic E-state index is 3.84. The first-order valence-corrected chi connectivity index (χ1v) is 14.3. The second-order valence-electron chi connectivity index (χ2n) is 10.2. The Labute approximate surface area is 183 Å². The zero-order valence-corrected chi connectivity index (χ0v) is 20.5. The third-order valence-electron chi connectivity index (χ3n) is 5.48. The van der Waals surface area contributed by atoms with Crippen LogP contribution in [0.2, 0.25) is 0 Å². The van der Waals surface area contributed by atoms with E-state index in [0.29, 0.717) is 0 Å². The molecular formula is C27H37N2P. The first kappa shape index (κ1) is 22.4. The topological polar surface area (TPSA) is 24.1 Å². The van der Waals surface area contributed by atoms with E-state index in [-0.39, 0.29) is 11.6 Å². The second kappa shape index (κ2) is 8.82. The molecule has 30 heavy (non-hydrogen) atoms. The van der Waals surface area contributed by atoms with Gasteiger partial charge in [0, 0.05) is 0 Å². The molecule has 3 heteroatoms. The molecule has 3 aromatic carbocycles. The number of aryl methyl sites for hydroxylation is 1. The summed E-state index contributed by atoms with van der Waals surface area (Å²) in [6.07, 6.45) is -0.0217. The first-order valence-electron chi connectivity index (χ1n) is 10.8. The van der Waals surface area contributed by atoms with Crippen LogP contribution in [-0.2, 0) is 5.41 Å². The Hall–Kier alpha value is -2.31. The first-order chi connectivity index (χ1) is 14.1. The fourth-order valence-electron chi connectivity index (χ4n) is 3.80. The number of benzene rings is 3. The molecular weight excluding hydrogens is 383 g/mol. The Kier molecular flexibility index (Phi) is 6.58. The molecule has 0 aliphatic rings. The van der Waals surface area contributed by atoms with Crippen LogP contribution in [0.25, 0.3) is 0 Å². The van der Waals surface area contributed by atoms with Crippen LogP contribution in [0.5, 0.6) is 0 Å². The van der Waals surface area contributed by atoms with Gasteiger partial charge in [0.25, 0.3) is 0 Å². The Balaban J connectivity index is 2.03. The van der Waals surface area contributed by atoms with E-state index < -0.39 is 7.26 Å². The standard InChI is InChI=1S/C27H37N2P/c1-20-16-18-21(19-17-20)26(28-23-13-9-8-12-22(23)27(2,3)4)29-24-14-10-11-15-25(24)30(5,6)7/h8-19,26,28-30H,1-7H3. The van der Waals surface area contributed by atoms with Crippen molar-refractivity contribution in [2.75, 3.05) is 30.6 Å². The quantitative estimate of drug-likeness (QED) is 0.339. The van der Waals surface area contributed by atoms with Crippen molar-refractivity contribution in [3.05, 3.63) is 89.5 Å². The molecule has 0 aliphatic heterocycles. The van der Waals surface area contributed by atoms with Gasteiger partial charge in [-0.2, -0.15) is 0 Å². The molecule has 2 N–H and O–H groups in total. The molecule has 1 unspecified atom stereocenters. The molecule has 0 aliphatic carbocycles. The number of rotatable bonds is 6. The average molecular weight is 421 g/mol. The number of hydrogen-bond donors (Lipinski definition) is 2. The summed E-state index contributed by atoms with van der Waals surface area (Å²) in [6.45, 7) is 16.1. The van der Waals surface area contributed by atoms with E-state index in [9.17, 15) is 0 Å². The molecule has 3 aromatic rings. The summed E-state index contributed by atoms with van der Waals surface area (Å²) in [5.74, 6) is 0. The molecule has 0 saturated carbocycles. The van der Waals surface area contributed by atoms with Crippen LogP contribution < -0.4 is 15.9 Å². The van der Waals surface area contributed by atoms with Gasteiger partial charge in [-0.3, -0.25) is 0 Å². The molecule has 2 nitrogen and oxygen atoms in total. The molecule has 0 saturated heterocycles. The second-order valence-corrected chi connectivity index (χ2v) is 15.3. The summed E-state index contributed by atoms with van der Waals surface area (Å²) in [5.41, 5.74) is 6.29. The van der Waals surface area contributed by atoms with Crippen LogP contribution in [0.1, 0.15) is 43.6 Å². The zero-order valence-electron chi connectivity index (χ0n) is 19.5. The van der Waals surface area contributed by atoms with Crippen molar-refractivity contribution in [2.24, 2.45) is 0 Å². The Morgan fingerprint density at radius 1 is 0.700 bits per heavy atom. The van der Waals surface area contributed by atoms with Crippen LogP contribution in [0.4, 0.5) is 11.4 Å². The average Bonchev–Trinajstić information content (AvgIpc) is 2.67. The molecule has 0 fully saturated rings. The number of anilines is 2. The summed E-state index contributed by atoms with van der Waals surface area (Å²) in [5, 5.41) is 9.11. The van der Waals surface area contributed by atoms with Gasteiger partial charge >= 0.3 is 183 Å². The zero-order chi connectivity index (χ0) is 21.9. The van der Waals surface area contributed by atoms with Gasteiger partial charge in [0.1, 0.15) is 0 Å². The monoisotopic (exact) mass is 420 g/mol. The summed E-state index contributed by atoms with van der Waals surface area (Å²) in [6, 6.07) is 26.2. The summed E-state index contributed by atoms with van der Waals surface area (Å²) >= 11 is 0. The molecule has 0 bridgehead atoms. The molecule has 0 spiro atoms. The van der Waals surface area contributed by atoms with Crippen molar-refractivity contribution in [3.63, 3.8) is 0 Å². The fourth-order valence-corrected chi connectivity index (χ4v) is 5.36. The normalized spacial score (nSPS) is 13.6. The van der Waals surface area contributed by atoms with Gasteiger partial charge in [-0.05, 0) is 0 Å². The molecule has 3 rings (SSSR count). The van der Waals surface area contributed by atoms with Gasteiger partial charge in [0.05, 0.1) is 0 Å². The number of nitrogens with one attached hydrogen (secondary N) is 2. The van der Waals surface area contributed by atoms with Gasteiger partial charge in [0.2, 0.25) is 0 Å². The van der Waals surface area contributed by atoms with Gasteiger partial charge in [-0.1, -0.05) is 0 Å². The third kappa shape index (κ3) is 5.43. The van der Waals surface area contributed by atoms with Gasteiger partial charge in [0.15, 0.2) is 0 Å². The summed E-state index contributed by atoms with van der Waals surface area (Å²) < 4.78 is 0. The van der Waals surface area contributed by atoms with Gasteiger partial charge in [-0.15, -0.1) is 0 Å².